The van der Waals surface area contributed by atoms with Crippen molar-refractivity contribution >= 4 is 21.8 Å². The highest BCUT2D eigenvalue weighted by molar-refractivity contribution is 7.86. The summed E-state index contributed by atoms with van der Waals surface area (Å²) >= 11 is 0. The first-order chi connectivity index (χ1) is 11.2. The Balaban J connectivity index is 2.18. The molecule has 1 saturated heterocycles. The highest BCUT2D eigenvalue weighted by atomic mass is 32.2. The molecule has 0 atom stereocenters. The number of nitro groups is 1. The zero-order valence-corrected chi connectivity index (χ0v) is 14.6. The molecule has 1 aliphatic heterocycles. The molecule has 0 radical (unpaired) electrons. The van der Waals surface area contributed by atoms with E-state index < -0.39 is 21.0 Å². The van der Waals surface area contributed by atoms with Crippen LogP contribution in [-0.4, -0.2) is 73.0 Å². The van der Waals surface area contributed by atoms with Crippen LogP contribution in [0.15, 0.2) is 18.2 Å². The van der Waals surface area contributed by atoms with E-state index in [0.717, 1.165) is 4.31 Å². The number of carbonyl (C=O) groups excluding carboxylic acids is 1. The molecule has 1 aromatic carbocycles. The van der Waals surface area contributed by atoms with E-state index in [1.165, 1.54) is 29.4 Å². The zero-order chi connectivity index (χ0) is 18.1. The number of piperazine rings is 1. The van der Waals surface area contributed by atoms with Gasteiger partial charge in [0.15, 0.2) is 0 Å². The predicted octanol–water partition coefficient (Wildman–Crippen LogP) is 0.467. The maximum absolute atomic E-state index is 12.6. The second-order valence-corrected chi connectivity index (χ2v) is 7.85. The minimum atomic E-state index is -3.52. The molecule has 1 aliphatic rings. The van der Waals surface area contributed by atoms with Gasteiger partial charge in [0, 0.05) is 45.8 Å². The Hall–Kier alpha value is -2.04. The van der Waals surface area contributed by atoms with E-state index in [4.69, 9.17) is 0 Å². The molecule has 0 aromatic heterocycles. The summed E-state index contributed by atoms with van der Waals surface area (Å²) in [4.78, 5) is 24.7. The molecular formula is C14H20N4O5S. The molecule has 10 heteroatoms. The van der Waals surface area contributed by atoms with Crippen LogP contribution in [0.2, 0.25) is 0 Å². The minimum absolute atomic E-state index is 0.0314. The minimum Gasteiger partial charge on any atom is -0.336 e. The number of rotatable bonds is 4. The first kappa shape index (κ1) is 18.3. The fourth-order valence-electron chi connectivity index (χ4n) is 2.60. The van der Waals surface area contributed by atoms with Gasteiger partial charge in [-0.25, -0.2) is 0 Å². The Bertz CT molecular complexity index is 754. The summed E-state index contributed by atoms with van der Waals surface area (Å²) in [7, 11) is -0.627. The molecule has 24 heavy (non-hydrogen) atoms. The van der Waals surface area contributed by atoms with Gasteiger partial charge in [-0.1, -0.05) is 12.1 Å². The van der Waals surface area contributed by atoms with E-state index in [-0.39, 0.29) is 37.4 Å². The lowest BCUT2D eigenvalue weighted by molar-refractivity contribution is -0.385. The molecule has 1 fully saturated rings. The van der Waals surface area contributed by atoms with E-state index >= 15 is 0 Å². The number of nitro benzene ring substituents is 1. The standard InChI is InChI=1S/C14H20N4O5S/c1-11-5-4-6-12(13(11)18(20)21)14(19)16-7-9-17(10-8-16)24(22,23)15(2)3/h4-6H,7-10H2,1-3H3. The monoisotopic (exact) mass is 356 g/mol. The summed E-state index contributed by atoms with van der Waals surface area (Å²) < 4.78 is 26.6. The van der Waals surface area contributed by atoms with Crippen LogP contribution >= 0.6 is 0 Å². The van der Waals surface area contributed by atoms with E-state index in [9.17, 15) is 23.3 Å². The Labute approximate surface area is 140 Å². The molecule has 132 valence electrons. The molecule has 2 rings (SSSR count). The molecule has 0 N–H and O–H groups in total. The van der Waals surface area contributed by atoms with Gasteiger partial charge >= 0.3 is 0 Å². The van der Waals surface area contributed by atoms with Crippen molar-refractivity contribution in [2.75, 3.05) is 40.3 Å². The number of nitrogens with zero attached hydrogens (tertiary/aromatic N) is 4. The fraction of sp³-hybridized carbons (Fsp3) is 0.500. The van der Waals surface area contributed by atoms with Crippen LogP contribution in [-0.2, 0) is 10.2 Å². The summed E-state index contributed by atoms with van der Waals surface area (Å²) in [5, 5.41) is 11.2. The van der Waals surface area contributed by atoms with Crippen LogP contribution in [0.5, 0.6) is 0 Å². The van der Waals surface area contributed by atoms with E-state index in [1.54, 1.807) is 19.1 Å². The van der Waals surface area contributed by atoms with Crippen molar-refractivity contribution in [3.8, 4) is 0 Å². The third-order valence-corrected chi connectivity index (χ3v) is 5.90. The highest BCUT2D eigenvalue weighted by Crippen LogP contribution is 2.25. The van der Waals surface area contributed by atoms with Gasteiger partial charge in [-0.3, -0.25) is 14.9 Å². The number of para-hydroxylation sites is 1. The molecule has 0 spiro atoms. The van der Waals surface area contributed by atoms with Crippen molar-refractivity contribution < 1.29 is 18.1 Å². The molecule has 0 saturated carbocycles. The third kappa shape index (κ3) is 3.40. The van der Waals surface area contributed by atoms with Crippen molar-refractivity contribution in [1.82, 2.24) is 13.5 Å². The summed E-state index contributed by atoms with van der Waals surface area (Å²) in [6.07, 6.45) is 0. The third-order valence-electron chi connectivity index (χ3n) is 3.96. The second kappa shape index (κ2) is 6.83. The number of benzene rings is 1. The van der Waals surface area contributed by atoms with Crippen LogP contribution < -0.4 is 0 Å². The van der Waals surface area contributed by atoms with Crippen LogP contribution in [0.1, 0.15) is 15.9 Å². The zero-order valence-electron chi connectivity index (χ0n) is 13.8. The number of hydrogen-bond donors (Lipinski definition) is 0. The van der Waals surface area contributed by atoms with Crippen LogP contribution in [0.4, 0.5) is 5.69 Å². The first-order valence-corrected chi connectivity index (χ1v) is 8.77. The maximum Gasteiger partial charge on any atom is 0.285 e. The lowest BCUT2D eigenvalue weighted by Gasteiger charge is -2.35. The van der Waals surface area contributed by atoms with E-state index in [2.05, 4.69) is 0 Å². The van der Waals surface area contributed by atoms with Gasteiger partial charge in [0.05, 0.1) is 4.92 Å². The Morgan fingerprint density at radius 3 is 2.29 bits per heavy atom. The quantitative estimate of drug-likeness (QED) is 0.576. The van der Waals surface area contributed by atoms with Crippen LogP contribution in [0.3, 0.4) is 0 Å². The molecule has 0 unspecified atom stereocenters. The smallest absolute Gasteiger partial charge is 0.285 e. The van der Waals surface area contributed by atoms with Crippen LogP contribution in [0, 0.1) is 17.0 Å². The number of hydrogen-bond acceptors (Lipinski definition) is 5. The average molecular weight is 356 g/mol. The lowest BCUT2D eigenvalue weighted by Crippen LogP contribution is -2.53. The summed E-state index contributed by atoms with van der Waals surface area (Å²) in [5.74, 6) is -0.452. The van der Waals surface area contributed by atoms with Crippen molar-refractivity contribution in [3.05, 3.63) is 39.4 Å². The summed E-state index contributed by atoms with van der Waals surface area (Å²) in [5.41, 5.74) is 0.245. The number of carbonyl (C=O) groups is 1. The van der Waals surface area contributed by atoms with Gasteiger partial charge in [-0.05, 0) is 13.0 Å². The fourth-order valence-corrected chi connectivity index (χ4v) is 3.68. The van der Waals surface area contributed by atoms with E-state index in [1.807, 2.05) is 0 Å². The SMILES string of the molecule is Cc1cccc(C(=O)N2CCN(S(=O)(=O)N(C)C)CC2)c1[N+](=O)[O-]. The van der Waals surface area contributed by atoms with Gasteiger partial charge in [0.1, 0.15) is 5.56 Å². The van der Waals surface area contributed by atoms with Gasteiger partial charge in [-0.2, -0.15) is 17.0 Å². The lowest BCUT2D eigenvalue weighted by atomic mass is 10.1. The molecule has 0 bridgehead atoms. The first-order valence-electron chi connectivity index (χ1n) is 7.37. The maximum atomic E-state index is 12.6. The van der Waals surface area contributed by atoms with Crippen molar-refractivity contribution in [1.29, 1.82) is 0 Å². The molecule has 1 amide bonds. The Morgan fingerprint density at radius 2 is 1.79 bits per heavy atom. The van der Waals surface area contributed by atoms with Crippen molar-refractivity contribution in [3.63, 3.8) is 0 Å². The van der Waals surface area contributed by atoms with Crippen LogP contribution in [0.25, 0.3) is 0 Å². The second-order valence-electron chi connectivity index (χ2n) is 5.71. The summed E-state index contributed by atoms with van der Waals surface area (Å²) in [6, 6.07) is 4.61. The summed E-state index contributed by atoms with van der Waals surface area (Å²) in [6.45, 7) is 2.28. The van der Waals surface area contributed by atoms with Crippen molar-refractivity contribution in [2.45, 2.75) is 6.92 Å². The molecule has 0 aliphatic carbocycles. The molecule has 1 aromatic rings. The topological polar surface area (TPSA) is 104 Å². The van der Waals surface area contributed by atoms with E-state index in [0.29, 0.717) is 5.56 Å². The molecule has 1 heterocycles. The highest BCUT2D eigenvalue weighted by Gasteiger charge is 2.32. The largest absolute Gasteiger partial charge is 0.336 e. The van der Waals surface area contributed by atoms with Gasteiger partial charge in [-0.15, -0.1) is 0 Å². The van der Waals surface area contributed by atoms with Gasteiger partial charge < -0.3 is 4.90 Å². The molecular weight excluding hydrogens is 336 g/mol. The number of aryl methyl sites for hydroxylation is 1. The number of amides is 1. The Morgan fingerprint density at radius 1 is 1.21 bits per heavy atom. The van der Waals surface area contributed by atoms with Crippen molar-refractivity contribution in [2.24, 2.45) is 0 Å². The van der Waals surface area contributed by atoms with Gasteiger partial charge in [0.25, 0.3) is 21.8 Å². The molecule has 9 nitrogen and oxygen atoms in total. The Kier molecular flexibility index (Phi) is 5.21. The van der Waals surface area contributed by atoms with Gasteiger partial charge in [0.2, 0.25) is 0 Å². The normalized spacial score (nSPS) is 16.4. The average Bonchev–Trinajstić information content (AvgIpc) is 2.53. The predicted molar refractivity (Wildman–Crippen MR) is 87.9 cm³/mol.